The van der Waals surface area contributed by atoms with Crippen molar-refractivity contribution in [2.24, 2.45) is 4.99 Å². The minimum absolute atomic E-state index is 0.526. The first-order valence-corrected chi connectivity index (χ1v) is 7.39. The molecule has 1 aromatic heterocycles. The fraction of sp³-hybridized carbons (Fsp3) is 0.600. The summed E-state index contributed by atoms with van der Waals surface area (Å²) in [6.45, 7) is 7.74. The molecule has 0 radical (unpaired) electrons. The SMILES string of the molecule is CCNC(=NCc1cccnc1OC)NCCCOCC. The fourth-order valence-corrected chi connectivity index (χ4v) is 1.76. The average Bonchev–Trinajstić information content (AvgIpc) is 2.52. The van der Waals surface area contributed by atoms with Gasteiger partial charge in [0.2, 0.25) is 5.88 Å². The van der Waals surface area contributed by atoms with Crippen LogP contribution in [-0.2, 0) is 11.3 Å². The second kappa shape index (κ2) is 10.9. The molecule has 2 N–H and O–H groups in total. The quantitative estimate of drug-likeness (QED) is 0.411. The van der Waals surface area contributed by atoms with Gasteiger partial charge in [-0.3, -0.25) is 0 Å². The lowest BCUT2D eigenvalue weighted by Crippen LogP contribution is -2.38. The molecule has 21 heavy (non-hydrogen) atoms. The lowest BCUT2D eigenvalue weighted by molar-refractivity contribution is 0.145. The van der Waals surface area contributed by atoms with Crippen molar-refractivity contribution in [3.8, 4) is 5.88 Å². The van der Waals surface area contributed by atoms with Gasteiger partial charge in [0.05, 0.1) is 13.7 Å². The van der Waals surface area contributed by atoms with Crippen LogP contribution in [0.4, 0.5) is 0 Å². The van der Waals surface area contributed by atoms with Gasteiger partial charge in [-0.15, -0.1) is 0 Å². The van der Waals surface area contributed by atoms with Gasteiger partial charge in [0.25, 0.3) is 0 Å². The molecule has 0 saturated heterocycles. The first kappa shape index (κ1) is 17.2. The summed E-state index contributed by atoms with van der Waals surface area (Å²) in [5, 5.41) is 6.50. The van der Waals surface area contributed by atoms with Crippen LogP contribution in [0.25, 0.3) is 0 Å². The number of aromatic nitrogens is 1. The molecule has 0 bridgehead atoms. The Morgan fingerprint density at radius 2 is 2.19 bits per heavy atom. The van der Waals surface area contributed by atoms with Crippen molar-refractivity contribution in [2.75, 3.05) is 33.4 Å². The zero-order chi connectivity index (χ0) is 15.3. The van der Waals surface area contributed by atoms with Crippen LogP contribution in [-0.4, -0.2) is 44.4 Å². The van der Waals surface area contributed by atoms with Gasteiger partial charge < -0.3 is 20.1 Å². The number of hydrogen-bond donors (Lipinski definition) is 2. The summed E-state index contributed by atoms with van der Waals surface area (Å²) in [6, 6.07) is 3.85. The number of nitrogens with one attached hydrogen (secondary N) is 2. The molecule has 1 rings (SSSR count). The van der Waals surface area contributed by atoms with Crippen molar-refractivity contribution in [2.45, 2.75) is 26.8 Å². The molecule has 1 heterocycles. The molecule has 0 spiro atoms. The van der Waals surface area contributed by atoms with E-state index in [1.165, 1.54) is 0 Å². The molecule has 6 heteroatoms. The molecule has 0 aliphatic carbocycles. The molecule has 1 aromatic rings. The average molecular weight is 294 g/mol. The second-order valence-corrected chi connectivity index (χ2v) is 4.34. The third-order valence-electron chi connectivity index (χ3n) is 2.76. The van der Waals surface area contributed by atoms with Gasteiger partial charge in [0.15, 0.2) is 5.96 Å². The van der Waals surface area contributed by atoms with E-state index in [4.69, 9.17) is 9.47 Å². The smallest absolute Gasteiger partial charge is 0.218 e. The Morgan fingerprint density at radius 1 is 1.33 bits per heavy atom. The summed E-state index contributed by atoms with van der Waals surface area (Å²) >= 11 is 0. The van der Waals surface area contributed by atoms with Gasteiger partial charge in [-0.2, -0.15) is 0 Å². The monoisotopic (exact) mass is 294 g/mol. The number of hydrogen-bond acceptors (Lipinski definition) is 4. The van der Waals surface area contributed by atoms with Crippen molar-refractivity contribution in [1.29, 1.82) is 0 Å². The van der Waals surface area contributed by atoms with E-state index < -0.39 is 0 Å². The summed E-state index contributed by atoms with van der Waals surface area (Å²) in [5.41, 5.74) is 0.964. The lowest BCUT2D eigenvalue weighted by atomic mass is 10.3. The van der Waals surface area contributed by atoms with E-state index >= 15 is 0 Å². The van der Waals surface area contributed by atoms with Crippen LogP contribution >= 0.6 is 0 Å². The van der Waals surface area contributed by atoms with Crippen molar-refractivity contribution < 1.29 is 9.47 Å². The van der Waals surface area contributed by atoms with Crippen LogP contribution in [0.3, 0.4) is 0 Å². The van der Waals surface area contributed by atoms with Gasteiger partial charge in [-0.25, -0.2) is 9.98 Å². The number of ether oxygens (including phenoxy) is 2. The molecule has 0 fully saturated rings. The summed E-state index contributed by atoms with van der Waals surface area (Å²) in [7, 11) is 1.62. The standard InChI is InChI=1S/C15H26N4O2/c1-4-16-15(18-10-7-11-21-5-2)19-12-13-8-6-9-17-14(13)20-3/h6,8-9H,4-5,7,10-12H2,1-3H3,(H2,16,18,19). The Labute approximate surface area is 127 Å². The van der Waals surface area contributed by atoms with Crippen molar-refractivity contribution in [3.63, 3.8) is 0 Å². The van der Waals surface area contributed by atoms with Crippen LogP contribution in [0.2, 0.25) is 0 Å². The highest BCUT2D eigenvalue weighted by atomic mass is 16.5. The normalized spacial score (nSPS) is 11.3. The molecule has 0 unspecified atom stereocenters. The second-order valence-electron chi connectivity index (χ2n) is 4.34. The van der Waals surface area contributed by atoms with Crippen LogP contribution in [0.5, 0.6) is 5.88 Å². The van der Waals surface area contributed by atoms with E-state index in [0.29, 0.717) is 12.4 Å². The predicted octanol–water partition coefficient (Wildman–Crippen LogP) is 1.57. The number of aliphatic imine (C=N–C) groups is 1. The molecule has 0 aliphatic rings. The van der Waals surface area contributed by atoms with Crippen molar-refractivity contribution in [1.82, 2.24) is 15.6 Å². The van der Waals surface area contributed by atoms with Gasteiger partial charge in [0.1, 0.15) is 0 Å². The van der Waals surface area contributed by atoms with E-state index in [1.807, 2.05) is 26.0 Å². The highest BCUT2D eigenvalue weighted by Crippen LogP contribution is 2.14. The Kier molecular flexibility index (Phi) is 8.95. The topological polar surface area (TPSA) is 67.8 Å². The minimum Gasteiger partial charge on any atom is -0.481 e. The zero-order valence-electron chi connectivity index (χ0n) is 13.2. The Balaban J connectivity index is 2.50. The highest BCUT2D eigenvalue weighted by molar-refractivity contribution is 5.79. The molecule has 0 atom stereocenters. The third kappa shape index (κ3) is 6.94. The van der Waals surface area contributed by atoms with E-state index in [2.05, 4.69) is 20.6 Å². The van der Waals surface area contributed by atoms with Gasteiger partial charge >= 0.3 is 0 Å². The first-order chi connectivity index (χ1) is 10.3. The number of methoxy groups -OCH3 is 1. The number of pyridine rings is 1. The highest BCUT2D eigenvalue weighted by Gasteiger charge is 2.03. The van der Waals surface area contributed by atoms with Gasteiger partial charge in [0, 0.05) is 38.1 Å². The number of nitrogens with zero attached hydrogens (tertiary/aromatic N) is 2. The molecular weight excluding hydrogens is 268 g/mol. The fourth-order valence-electron chi connectivity index (χ4n) is 1.76. The zero-order valence-corrected chi connectivity index (χ0v) is 13.2. The molecular formula is C15H26N4O2. The molecule has 0 saturated carbocycles. The molecule has 118 valence electrons. The van der Waals surface area contributed by atoms with E-state index in [-0.39, 0.29) is 0 Å². The summed E-state index contributed by atoms with van der Waals surface area (Å²) in [4.78, 5) is 8.71. The minimum atomic E-state index is 0.526. The maximum Gasteiger partial charge on any atom is 0.218 e. The van der Waals surface area contributed by atoms with Crippen molar-refractivity contribution in [3.05, 3.63) is 23.9 Å². The van der Waals surface area contributed by atoms with Gasteiger partial charge in [-0.05, 0) is 26.3 Å². The Hall–Kier alpha value is -1.82. The van der Waals surface area contributed by atoms with E-state index in [1.54, 1.807) is 13.3 Å². The van der Waals surface area contributed by atoms with Crippen LogP contribution in [0.1, 0.15) is 25.8 Å². The largest absolute Gasteiger partial charge is 0.481 e. The number of guanidine groups is 1. The Morgan fingerprint density at radius 3 is 2.90 bits per heavy atom. The van der Waals surface area contributed by atoms with Crippen molar-refractivity contribution >= 4 is 5.96 Å². The van der Waals surface area contributed by atoms with Crippen LogP contribution < -0.4 is 15.4 Å². The summed E-state index contributed by atoms with van der Waals surface area (Å²) in [5.74, 6) is 1.41. The maximum absolute atomic E-state index is 5.31. The molecule has 0 aromatic carbocycles. The summed E-state index contributed by atoms with van der Waals surface area (Å²) in [6.07, 6.45) is 2.66. The molecule has 0 amide bonds. The summed E-state index contributed by atoms with van der Waals surface area (Å²) < 4.78 is 10.5. The van der Waals surface area contributed by atoms with Crippen LogP contribution in [0, 0.1) is 0 Å². The molecule has 6 nitrogen and oxygen atoms in total. The van der Waals surface area contributed by atoms with Gasteiger partial charge in [-0.1, -0.05) is 6.07 Å². The first-order valence-electron chi connectivity index (χ1n) is 7.39. The van der Waals surface area contributed by atoms with E-state index in [9.17, 15) is 0 Å². The Bertz CT molecular complexity index is 424. The maximum atomic E-state index is 5.31. The third-order valence-corrected chi connectivity index (χ3v) is 2.76. The predicted molar refractivity (Wildman–Crippen MR) is 84.7 cm³/mol. The molecule has 0 aliphatic heterocycles. The van der Waals surface area contributed by atoms with Crippen LogP contribution in [0.15, 0.2) is 23.3 Å². The lowest BCUT2D eigenvalue weighted by Gasteiger charge is -2.11. The number of rotatable bonds is 9. The van der Waals surface area contributed by atoms with E-state index in [0.717, 1.165) is 44.2 Å².